The number of rotatable bonds is 5. The molecule has 2 aromatic rings. The van der Waals surface area contributed by atoms with Crippen molar-refractivity contribution >= 4 is 11.7 Å². The predicted molar refractivity (Wildman–Crippen MR) is 129 cm³/mol. The first kappa shape index (κ1) is 26.6. The smallest absolute Gasteiger partial charge is 0.307 e. The number of carboxylic acid groups (broad SMARTS) is 1. The van der Waals surface area contributed by atoms with Gasteiger partial charge >= 0.3 is 5.97 Å². The van der Waals surface area contributed by atoms with Gasteiger partial charge in [-0.1, -0.05) is 26.0 Å². The number of methoxy groups -OCH3 is 1. The maximum Gasteiger partial charge on any atom is 0.307 e. The summed E-state index contributed by atoms with van der Waals surface area (Å²) in [4.78, 5) is 18.2. The second-order valence-corrected chi connectivity index (χ2v) is 10.3. The average Bonchev–Trinajstić information content (AvgIpc) is 2.68. The van der Waals surface area contributed by atoms with Crippen molar-refractivity contribution in [2.75, 3.05) is 25.1 Å². The topological polar surface area (TPSA) is 82.9 Å². The molecule has 0 spiro atoms. The van der Waals surface area contributed by atoms with Crippen molar-refractivity contribution in [1.29, 1.82) is 0 Å². The molecule has 1 aliphatic rings. The summed E-state index contributed by atoms with van der Waals surface area (Å²) in [6.45, 7) is 13.2. The van der Waals surface area contributed by atoms with Gasteiger partial charge in [-0.2, -0.15) is 0 Å². The maximum absolute atomic E-state index is 14.3. The number of aromatic nitrogens is 1. The number of para-hydroxylation sites is 1. The fourth-order valence-corrected chi connectivity index (χ4v) is 3.82. The Bertz CT molecular complexity index is 967. The number of nitrogens with zero attached hydrogens (tertiary/aromatic N) is 2. The van der Waals surface area contributed by atoms with Gasteiger partial charge in [0.05, 0.1) is 24.8 Å². The number of anilines is 1. The fraction of sp³-hybridized carbons (Fsp3) is 0.538. The summed E-state index contributed by atoms with van der Waals surface area (Å²) in [5, 5.41) is 18.0. The number of halogens is 1. The zero-order valence-electron chi connectivity index (χ0n) is 20.8. The lowest BCUT2D eigenvalue weighted by molar-refractivity contribution is -0.136. The van der Waals surface area contributed by atoms with Crippen LogP contribution in [0.25, 0.3) is 11.1 Å². The van der Waals surface area contributed by atoms with Gasteiger partial charge < -0.3 is 19.8 Å². The number of carbonyl (C=O) groups is 1. The summed E-state index contributed by atoms with van der Waals surface area (Å²) >= 11 is 0. The van der Waals surface area contributed by atoms with Gasteiger partial charge in [0.15, 0.2) is 11.6 Å². The van der Waals surface area contributed by atoms with Gasteiger partial charge in [-0.3, -0.25) is 9.78 Å². The van der Waals surface area contributed by atoms with E-state index in [9.17, 15) is 14.3 Å². The van der Waals surface area contributed by atoms with Crippen LogP contribution in [0.3, 0.4) is 0 Å². The van der Waals surface area contributed by atoms with E-state index in [0.29, 0.717) is 22.4 Å². The first-order chi connectivity index (χ1) is 15.2. The molecule has 33 heavy (non-hydrogen) atoms. The molecule has 1 aliphatic heterocycles. The molecule has 182 valence electrons. The van der Waals surface area contributed by atoms with Gasteiger partial charge in [-0.25, -0.2) is 4.39 Å². The molecular weight excluding hydrogens is 423 g/mol. The number of aryl methyl sites for hydroxylation is 1. The molecular formula is C26H37FN2O4. The Morgan fingerprint density at radius 1 is 1.21 bits per heavy atom. The lowest BCUT2D eigenvalue weighted by Gasteiger charge is -2.40. The first-order valence-electron chi connectivity index (χ1n) is 11.2. The molecule has 7 heteroatoms. The largest absolute Gasteiger partial charge is 0.493 e. The number of hydrogen-bond donors (Lipinski definition) is 2. The summed E-state index contributed by atoms with van der Waals surface area (Å²) in [5.74, 6) is -1.22. The van der Waals surface area contributed by atoms with Gasteiger partial charge in [-0.15, -0.1) is 0 Å². The Balaban J connectivity index is 0.000000696. The summed E-state index contributed by atoms with van der Waals surface area (Å²) in [6.07, 6.45) is 3.58. The maximum atomic E-state index is 14.3. The SMILES string of the molecule is CC(C)(C)O.COc1c(F)cccc1-c1cnc(C)c(CC(=O)O)c1N1CCC(C)(C)CC1. The molecule has 0 bridgehead atoms. The molecule has 1 aromatic heterocycles. The molecule has 1 saturated heterocycles. The molecule has 1 aromatic carbocycles. The molecule has 0 amide bonds. The van der Waals surface area contributed by atoms with Crippen LogP contribution in [0.15, 0.2) is 24.4 Å². The highest BCUT2D eigenvalue weighted by atomic mass is 19.1. The van der Waals surface area contributed by atoms with E-state index in [2.05, 4.69) is 23.7 Å². The molecule has 2 N–H and O–H groups in total. The van der Waals surface area contributed by atoms with Gasteiger partial charge in [0.2, 0.25) is 0 Å². The van der Waals surface area contributed by atoms with Gasteiger partial charge in [0.1, 0.15) is 0 Å². The summed E-state index contributed by atoms with van der Waals surface area (Å²) in [5.41, 5.74) is 3.23. The van der Waals surface area contributed by atoms with Gasteiger partial charge in [0, 0.05) is 41.7 Å². The molecule has 1 fully saturated rings. The number of piperidine rings is 1. The van der Waals surface area contributed by atoms with E-state index < -0.39 is 17.4 Å². The van der Waals surface area contributed by atoms with Crippen LogP contribution < -0.4 is 9.64 Å². The minimum Gasteiger partial charge on any atom is -0.493 e. The lowest BCUT2D eigenvalue weighted by atomic mass is 9.82. The third-order valence-electron chi connectivity index (χ3n) is 5.59. The van der Waals surface area contributed by atoms with E-state index >= 15 is 0 Å². The van der Waals surface area contributed by atoms with Crippen LogP contribution in [0.1, 0.15) is 58.7 Å². The minimum atomic E-state index is -0.910. The zero-order chi connectivity index (χ0) is 25.0. The molecule has 2 heterocycles. The first-order valence-corrected chi connectivity index (χ1v) is 11.2. The van der Waals surface area contributed by atoms with Crippen LogP contribution in [0.2, 0.25) is 0 Å². The van der Waals surface area contributed by atoms with Crippen LogP contribution in [0, 0.1) is 18.2 Å². The normalized spacial score (nSPS) is 15.5. The number of aliphatic carboxylic acids is 1. The second kappa shape index (κ2) is 10.5. The van der Waals surface area contributed by atoms with Gasteiger partial charge in [-0.05, 0) is 52.0 Å². The van der Waals surface area contributed by atoms with E-state index in [1.54, 1.807) is 39.1 Å². The number of carboxylic acids is 1. The van der Waals surface area contributed by atoms with E-state index in [-0.39, 0.29) is 17.6 Å². The fourth-order valence-electron chi connectivity index (χ4n) is 3.82. The van der Waals surface area contributed by atoms with Crippen molar-refractivity contribution < 1.29 is 24.1 Å². The zero-order valence-corrected chi connectivity index (χ0v) is 20.8. The highest BCUT2D eigenvalue weighted by molar-refractivity contribution is 5.86. The molecule has 0 aliphatic carbocycles. The van der Waals surface area contributed by atoms with Crippen molar-refractivity contribution in [1.82, 2.24) is 4.98 Å². The van der Waals surface area contributed by atoms with Crippen molar-refractivity contribution in [3.8, 4) is 16.9 Å². The monoisotopic (exact) mass is 460 g/mol. The van der Waals surface area contributed by atoms with Crippen molar-refractivity contribution in [3.63, 3.8) is 0 Å². The van der Waals surface area contributed by atoms with Crippen LogP contribution in [0.4, 0.5) is 10.1 Å². The van der Waals surface area contributed by atoms with E-state index in [4.69, 9.17) is 9.84 Å². The van der Waals surface area contributed by atoms with Crippen LogP contribution in [-0.2, 0) is 11.2 Å². The molecule has 0 atom stereocenters. The van der Waals surface area contributed by atoms with Crippen LogP contribution >= 0.6 is 0 Å². The third-order valence-corrected chi connectivity index (χ3v) is 5.59. The molecule has 0 unspecified atom stereocenters. The summed E-state index contributed by atoms with van der Waals surface area (Å²) in [7, 11) is 1.44. The van der Waals surface area contributed by atoms with E-state index in [1.807, 2.05) is 6.92 Å². The number of aliphatic hydroxyl groups is 1. The van der Waals surface area contributed by atoms with Crippen molar-refractivity contribution in [2.24, 2.45) is 5.41 Å². The number of benzene rings is 1. The number of pyridine rings is 1. The second-order valence-electron chi connectivity index (χ2n) is 10.3. The van der Waals surface area contributed by atoms with Crippen molar-refractivity contribution in [3.05, 3.63) is 41.5 Å². The van der Waals surface area contributed by atoms with Crippen molar-refractivity contribution in [2.45, 2.75) is 66.4 Å². The average molecular weight is 461 g/mol. The third kappa shape index (κ3) is 7.42. The molecule has 3 rings (SSSR count). The van der Waals surface area contributed by atoms with Gasteiger partial charge in [0.25, 0.3) is 0 Å². The van der Waals surface area contributed by atoms with Crippen LogP contribution in [0.5, 0.6) is 5.75 Å². The van der Waals surface area contributed by atoms with Crippen LogP contribution in [-0.4, -0.2) is 47.0 Å². The standard InChI is InChI=1S/C22H27FN2O3.C4H10O/c1-14-16(12-19(26)27)20(25-10-8-22(2,3)9-11-25)17(13-24-14)15-6-5-7-18(23)21(15)28-4;1-4(2,3)5/h5-7,13H,8-12H2,1-4H3,(H,26,27);5H,1-3H3. The Labute approximate surface area is 196 Å². The Kier molecular flexibility index (Phi) is 8.46. The van der Waals surface area contributed by atoms with E-state index in [0.717, 1.165) is 31.6 Å². The Morgan fingerprint density at radius 2 is 1.79 bits per heavy atom. The summed E-state index contributed by atoms with van der Waals surface area (Å²) in [6, 6.07) is 4.77. The highest BCUT2D eigenvalue weighted by Gasteiger charge is 2.30. The molecule has 0 saturated carbocycles. The minimum absolute atomic E-state index is 0.125. The Hall–Kier alpha value is -2.67. The highest BCUT2D eigenvalue weighted by Crippen LogP contribution is 2.43. The Morgan fingerprint density at radius 3 is 2.30 bits per heavy atom. The quantitative estimate of drug-likeness (QED) is 0.635. The summed E-state index contributed by atoms with van der Waals surface area (Å²) < 4.78 is 19.7. The van der Waals surface area contributed by atoms with E-state index in [1.165, 1.54) is 13.2 Å². The number of hydrogen-bond acceptors (Lipinski definition) is 5. The predicted octanol–water partition coefficient (Wildman–Crippen LogP) is 5.24. The number of ether oxygens (including phenoxy) is 1. The lowest BCUT2D eigenvalue weighted by Crippen LogP contribution is -2.38. The molecule has 6 nitrogen and oxygen atoms in total. The molecule has 0 radical (unpaired) electrons.